The molecule has 10 atom stereocenters. The number of aliphatic hydroxyl groups is 2. The summed E-state index contributed by atoms with van der Waals surface area (Å²) in [6.45, 7) is 12.8. The van der Waals surface area contributed by atoms with Crippen molar-refractivity contribution in [2.45, 2.75) is 128 Å². The molecule has 1 aromatic carbocycles. The standard InChI is InChI=1S/C35H54O4S/c1-7-35(37)20-18-26-24(22-35)13-14-28-27(26)17-19-34(6)29(15-16-30(28)34)23(2)31(21-32(36)33(3,4)5)40(38,39)25-11-9-8-10-12-25/h8-13,23,26-32,36-37H,7,14-22H2,1-6H3/t23-,26-,27?,28+,29+,30-,31?,32?,34+,35-/m0/s1. The zero-order valence-corrected chi connectivity index (χ0v) is 26.6. The second-order valence-corrected chi connectivity index (χ2v) is 17.6. The highest BCUT2D eigenvalue weighted by atomic mass is 32.2. The third-order valence-corrected chi connectivity index (χ3v) is 14.8. The molecule has 0 spiro atoms. The van der Waals surface area contributed by atoms with Gasteiger partial charge in [-0.3, -0.25) is 0 Å². The second-order valence-electron chi connectivity index (χ2n) is 15.5. The minimum Gasteiger partial charge on any atom is -0.393 e. The van der Waals surface area contributed by atoms with Gasteiger partial charge in [-0.05, 0) is 123 Å². The van der Waals surface area contributed by atoms with Crippen molar-refractivity contribution in [2.24, 2.45) is 46.3 Å². The van der Waals surface area contributed by atoms with Crippen LogP contribution in [0, 0.1) is 46.3 Å². The third-order valence-electron chi connectivity index (χ3n) is 12.5. The average molecular weight is 571 g/mol. The summed E-state index contributed by atoms with van der Waals surface area (Å²) in [4.78, 5) is 0.380. The fourth-order valence-corrected chi connectivity index (χ4v) is 11.9. The van der Waals surface area contributed by atoms with Crippen LogP contribution in [0.1, 0.15) is 106 Å². The Kier molecular flexibility index (Phi) is 8.20. The lowest BCUT2D eigenvalue weighted by atomic mass is 9.50. The maximum Gasteiger partial charge on any atom is 0.181 e. The van der Waals surface area contributed by atoms with Gasteiger partial charge in [-0.15, -0.1) is 0 Å². The highest BCUT2D eigenvalue weighted by molar-refractivity contribution is 7.92. The number of sulfone groups is 1. The summed E-state index contributed by atoms with van der Waals surface area (Å²) < 4.78 is 28.4. The van der Waals surface area contributed by atoms with Gasteiger partial charge in [0, 0.05) is 0 Å². The number of hydrogen-bond acceptors (Lipinski definition) is 4. The lowest BCUT2D eigenvalue weighted by molar-refractivity contribution is -0.0468. The number of hydrogen-bond donors (Lipinski definition) is 2. The SMILES string of the molecule is CC[C@]1(O)CC[C@H]2C(=CC[C@@H]3C2CC[C@]2(C)[C@@H]([C@H](C)C(CC(O)C(C)(C)C)S(=O)(=O)c4ccccc4)CC[C@@H]32)C1. The van der Waals surface area contributed by atoms with Crippen LogP contribution in [-0.2, 0) is 9.84 Å². The molecular formula is C35H54O4S. The largest absolute Gasteiger partial charge is 0.393 e. The van der Waals surface area contributed by atoms with Crippen molar-refractivity contribution in [1.82, 2.24) is 0 Å². The average Bonchev–Trinajstić information content (AvgIpc) is 3.28. The summed E-state index contributed by atoms with van der Waals surface area (Å²) >= 11 is 0. The second kappa shape index (κ2) is 10.8. The molecule has 40 heavy (non-hydrogen) atoms. The molecule has 2 N–H and O–H groups in total. The van der Waals surface area contributed by atoms with Gasteiger partial charge in [0.25, 0.3) is 0 Å². The van der Waals surface area contributed by atoms with E-state index in [1.165, 1.54) is 18.4 Å². The first-order valence-electron chi connectivity index (χ1n) is 16.1. The van der Waals surface area contributed by atoms with E-state index in [9.17, 15) is 18.6 Å². The van der Waals surface area contributed by atoms with E-state index in [0.29, 0.717) is 34.5 Å². The number of fused-ring (bicyclic) bond motifs is 5. The highest BCUT2D eigenvalue weighted by Crippen LogP contribution is 2.65. The normalized spacial score (nSPS) is 38.4. The number of benzene rings is 1. The predicted octanol–water partition coefficient (Wildman–Crippen LogP) is 7.59. The Morgan fingerprint density at radius 1 is 1.02 bits per heavy atom. The molecule has 0 bridgehead atoms. The van der Waals surface area contributed by atoms with Gasteiger partial charge in [-0.1, -0.05) is 71.4 Å². The van der Waals surface area contributed by atoms with E-state index in [2.05, 4.69) is 26.8 Å². The molecule has 1 aromatic rings. The van der Waals surface area contributed by atoms with Crippen molar-refractivity contribution in [3.63, 3.8) is 0 Å². The summed E-state index contributed by atoms with van der Waals surface area (Å²) in [5.41, 5.74) is 0.763. The van der Waals surface area contributed by atoms with Crippen LogP contribution in [0.2, 0.25) is 0 Å². The number of allylic oxidation sites excluding steroid dienone is 1. The Morgan fingerprint density at radius 2 is 1.73 bits per heavy atom. The molecule has 3 unspecified atom stereocenters. The Balaban J connectivity index is 1.42. The van der Waals surface area contributed by atoms with Crippen molar-refractivity contribution >= 4 is 9.84 Å². The number of rotatable bonds is 7. The molecule has 0 heterocycles. The summed E-state index contributed by atoms with van der Waals surface area (Å²) in [5, 5.41) is 21.6. The fraction of sp³-hybridized carbons (Fsp3) is 0.771. The Morgan fingerprint density at radius 3 is 2.38 bits per heavy atom. The van der Waals surface area contributed by atoms with Crippen LogP contribution in [0.5, 0.6) is 0 Å². The van der Waals surface area contributed by atoms with Crippen LogP contribution >= 0.6 is 0 Å². The molecular weight excluding hydrogens is 516 g/mol. The summed E-state index contributed by atoms with van der Waals surface area (Å²) in [7, 11) is -3.60. The van der Waals surface area contributed by atoms with E-state index < -0.39 is 26.8 Å². The monoisotopic (exact) mass is 570 g/mol. The van der Waals surface area contributed by atoms with Crippen molar-refractivity contribution in [3.05, 3.63) is 42.0 Å². The summed E-state index contributed by atoms with van der Waals surface area (Å²) in [6.07, 6.45) is 11.6. The minimum atomic E-state index is -3.60. The van der Waals surface area contributed by atoms with Gasteiger partial charge in [-0.2, -0.15) is 0 Å². The lowest BCUT2D eigenvalue weighted by Gasteiger charge is -2.55. The van der Waals surface area contributed by atoms with Gasteiger partial charge >= 0.3 is 0 Å². The van der Waals surface area contributed by atoms with Crippen molar-refractivity contribution in [3.8, 4) is 0 Å². The van der Waals surface area contributed by atoms with E-state index in [4.69, 9.17) is 0 Å². The van der Waals surface area contributed by atoms with E-state index in [0.717, 1.165) is 44.9 Å². The molecule has 5 heteroatoms. The molecule has 0 radical (unpaired) electrons. The molecule has 3 fully saturated rings. The minimum absolute atomic E-state index is 0.0299. The van der Waals surface area contributed by atoms with E-state index in [1.54, 1.807) is 24.3 Å². The molecule has 0 aliphatic heterocycles. The quantitative estimate of drug-likeness (QED) is 0.331. The number of aliphatic hydroxyl groups excluding tert-OH is 1. The van der Waals surface area contributed by atoms with E-state index in [1.807, 2.05) is 26.8 Å². The Labute approximate surface area is 244 Å². The molecule has 4 nitrogen and oxygen atoms in total. The molecule has 5 rings (SSSR count). The van der Waals surface area contributed by atoms with Crippen LogP contribution in [0.3, 0.4) is 0 Å². The van der Waals surface area contributed by atoms with Gasteiger partial charge in [0.1, 0.15) is 0 Å². The van der Waals surface area contributed by atoms with Crippen molar-refractivity contribution in [2.75, 3.05) is 0 Å². The first kappa shape index (κ1) is 30.3. The zero-order chi connectivity index (χ0) is 29.1. The maximum absolute atomic E-state index is 14.2. The lowest BCUT2D eigenvalue weighted by Crippen LogP contribution is -2.49. The van der Waals surface area contributed by atoms with Gasteiger partial charge in [0.05, 0.1) is 21.9 Å². The fourth-order valence-electron chi connectivity index (χ4n) is 9.81. The summed E-state index contributed by atoms with van der Waals surface area (Å²) in [6, 6.07) is 8.92. The Bertz CT molecular complexity index is 1180. The topological polar surface area (TPSA) is 74.6 Å². The van der Waals surface area contributed by atoms with Gasteiger partial charge < -0.3 is 10.2 Å². The van der Waals surface area contributed by atoms with Crippen LogP contribution in [-0.4, -0.2) is 35.6 Å². The molecule has 0 amide bonds. The van der Waals surface area contributed by atoms with Crippen LogP contribution in [0.4, 0.5) is 0 Å². The van der Waals surface area contributed by atoms with Crippen LogP contribution in [0.25, 0.3) is 0 Å². The van der Waals surface area contributed by atoms with Gasteiger partial charge in [0.15, 0.2) is 9.84 Å². The summed E-state index contributed by atoms with van der Waals surface area (Å²) in [5.74, 6) is 2.92. The first-order valence-corrected chi connectivity index (χ1v) is 17.6. The Hall–Kier alpha value is -1.17. The molecule has 0 aromatic heterocycles. The van der Waals surface area contributed by atoms with Gasteiger partial charge in [0.2, 0.25) is 0 Å². The van der Waals surface area contributed by atoms with Crippen molar-refractivity contribution < 1.29 is 18.6 Å². The van der Waals surface area contributed by atoms with E-state index >= 15 is 0 Å². The zero-order valence-electron chi connectivity index (χ0n) is 25.8. The van der Waals surface area contributed by atoms with Crippen LogP contribution in [0.15, 0.2) is 46.9 Å². The van der Waals surface area contributed by atoms with Crippen molar-refractivity contribution in [1.29, 1.82) is 0 Å². The molecule has 4 aliphatic rings. The van der Waals surface area contributed by atoms with E-state index in [-0.39, 0.29) is 23.2 Å². The molecule has 3 saturated carbocycles. The predicted molar refractivity (Wildman–Crippen MR) is 162 cm³/mol. The third kappa shape index (κ3) is 5.26. The molecule has 0 saturated heterocycles. The first-order chi connectivity index (χ1) is 18.7. The molecule has 4 aliphatic carbocycles. The molecule has 224 valence electrons. The smallest absolute Gasteiger partial charge is 0.181 e. The van der Waals surface area contributed by atoms with Gasteiger partial charge in [-0.25, -0.2) is 8.42 Å². The van der Waals surface area contributed by atoms with Crippen LogP contribution < -0.4 is 0 Å². The highest BCUT2D eigenvalue weighted by Gasteiger charge is 2.58. The maximum atomic E-state index is 14.2.